The molecule has 5 nitrogen and oxygen atoms in total. The van der Waals surface area contributed by atoms with Crippen LogP contribution in [0.1, 0.15) is 38.3 Å². The summed E-state index contributed by atoms with van der Waals surface area (Å²) >= 11 is 7.91. The molecule has 1 aromatic carbocycles. The third-order valence-corrected chi connectivity index (χ3v) is 4.58. The van der Waals surface area contributed by atoms with Crippen LogP contribution in [0.3, 0.4) is 0 Å². The number of hydrogen-bond donors (Lipinski definition) is 1. The maximum atomic E-state index is 6.36. The predicted molar refractivity (Wildman–Crippen MR) is 83.6 cm³/mol. The molecule has 7 heteroatoms. The second-order valence-electron chi connectivity index (χ2n) is 5.53. The molecule has 0 saturated heterocycles. The summed E-state index contributed by atoms with van der Waals surface area (Å²) in [6.45, 7) is 5.02. The second-order valence-corrected chi connectivity index (χ2v) is 6.98. The van der Waals surface area contributed by atoms with Crippen LogP contribution in [0, 0.1) is 0 Å². The lowest BCUT2D eigenvalue weighted by Crippen LogP contribution is -2.21. The molecule has 1 aliphatic rings. The van der Waals surface area contributed by atoms with Gasteiger partial charge in [-0.2, -0.15) is 0 Å². The number of nitrogens with zero attached hydrogens (tertiary/aromatic N) is 4. The van der Waals surface area contributed by atoms with Crippen LogP contribution in [-0.4, -0.2) is 26.2 Å². The molecule has 1 heterocycles. The summed E-state index contributed by atoms with van der Waals surface area (Å²) in [4.78, 5) is 1.06. The van der Waals surface area contributed by atoms with Gasteiger partial charge in [0.1, 0.15) is 0 Å². The first-order chi connectivity index (χ1) is 10.1. The summed E-state index contributed by atoms with van der Waals surface area (Å²) < 4.78 is 1.91. The van der Waals surface area contributed by atoms with Gasteiger partial charge in [0.25, 0.3) is 0 Å². The fourth-order valence-electron chi connectivity index (χ4n) is 1.96. The van der Waals surface area contributed by atoms with Gasteiger partial charge in [-0.15, -0.1) is 5.10 Å². The van der Waals surface area contributed by atoms with E-state index >= 15 is 0 Å². The SMILES string of the molecule is CC(C)NCc1ccc(Sc2nnnn2C2CC2)cc1Cl. The highest BCUT2D eigenvalue weighted by Gasteiger charge is 2.28. The molecule has 3 rings (SSSR count). The molecule has 1 N–H and O–H groups in total. The summed E-state index contributed by atoms with van der Waals surface area (Å²) in [5.41, 5.74) is 1.11. The maximum Gasteiger partial charge on any atom is 0.214 e. The molecule has 1 aromatic heterocycles. The first-order valence-corrected chi connectivity index (χ1v) is 8.30. The van der Waals surface area contributed by atoms with Crippen LogP contribution < -0.4 is 5.32 Å². The highest BCUT2D eigenvalue weighted by atomic mass is 35.5. The molecule has 0 radical (unpaired) electrons. The molecular formula is C14H18ClN5S. The number of halogens is 1. The van der Waals surface area contributed by atoms with Gasteiger partial charge in [-0.25, -0.2) is 4.68 Å². The molecule has 0 bridgehead atoms. The monoisotopic (exact) mass is 323 g/mol. The Morgan fingerprint density at radius 3 is 2.90 bits per heavy atom. The Balaban J connectivity index is 1.71. The zero-order valence-electron chi connectivity index (χ0n) is 12.1. The number of rotatable bonds is 6. The highest BCUT2D eigenvalue weighted by Crippen LogP contribution is 2.38. The molecule has 112 valence electrons. The Labute approximate surface area is 133 Å². The van der Waals surface area contributed by atoms with E-state index in [1.54, 1.807) is 11.8 Å². The Kier molecular flexibility index (Phi) is 4.47. The van der Waals surface area contributed by atoms with Crippen LogP contribution in [0.15, 0.2) is 28.3 Å². The summed E-state index contributed by atoms with van der Waals surface area (Å²) in [6, 6.07) is 7.03. The van der Waals surface area contributed by atoms with E-state index in [1.165, 1.54) is 12.8 Å². The Bertz CT molecular complexity index is 624. The Hall–Kier alpha value is -1.11. The molecule has 0 amide bonds. The minimum atomic E-state index is 0.443. The highest BCUT2D eigenvalue weighted by molar-refractivity contribution is 7.99. The molecule has 0 spiro atoms. The standard InChI is InChI=1S/C14H18ClN5S/c1-9(2)16-8-10-3-6-12(7-13(10)15)21-14-17-18-19-20(14)11-4-5-11/h3,6-7,9,11,16H,4-5,8H2,1-2H3. The lowest BCUT2D eigenvalue weighted by atomic mass is 10.2. The average Bonchev–Trinajstić information content (AvgIpc) is 3.18. The van der Waals surface area contributed by atoms with Gasteiger partial charge in [0, 0.05) is 22.5 Å². The van der Waals surface area contributed by atoms with Gasteiger partial charge < -0.3 is 5.32 Å². The van der Waals surface area contributed by atoms with Crippen molar-refractivity contribution in [3.63, 3.8) is 0 Å². The molecule has 0 atom stereocenters. The smallest absolute Gasteiger partial charge is 0.214 e. The van der Waals surface area contributed by atoms with Gasteiger partial charge in [0.15, 0.2) is 0 Å². The van der Waals surface area contributed by atoms with Crippen molar-refractivity contribution in [1.29, 1.82) is 0 Å². The summed E-state index contributed by atoms with van der Waals surface area (Å²) in [5, 5.41) is 16.9. The molecule has 1 fully saturated rings. The zero-order chi connectivity index (χ0) is 14.8. The first kappa shape index (κ1) is 14.8. The summed E-state index contributed by atoms with van der Waals surface area (Å²) in [6.07, 6.45) is 2.33. The summed E-state index contributed by atoms with van der Waals surface area (Å²) in [7, 11) is 0. The lowest BCUT2D eigenvalue weighted by Gasteiger charge is -2.10. The quantitative estimate of drug-likeness (QED) is 0.884. The first-order valence-electron chi connectivity index (χ1n) is 7.11. The van der Waals surface area contributed by atoms with Gasteiger partial charge in [-0.1, -0.05) is 31.5 Å². The predicted octanol–water partition coefficient (Wildman–Crippen LogP) is 3.31. The van der Waals surface area contributed by atoms with Crippen molar-refractivity contribution >= 4 is 23.4 Å². The van der Waals surface area contributed by atoms with Crippen molar-refractivity contribution in [1.82, 2.24) is 25.5 Å². The van der Waals surface area contributed by atoms with E-state index in [0.717, 1.165) is 27.2 Å². The van der Waals surface area contributed by atoms with Crippen LogP contribution in [0.5, 0.6) is 0 Å². The van der Waals surface area contributed by atoms with Crippen molar-refractivity contribution in [3.8, 4) is 0 Å². The number of nitrogens with one attached hydrogen (secondary N) is 1. The van der Waals surface area contributed by atoms with E-state index in [2.05, 4.69) is 46.8 Å². The largest absolute Gasteiger partial charge is 0.310 e. The fraction of sp³-hybridized carbons (Fsp3) is 0.500. The number of hydrogen-bond acceptors (Lipinski definition) is 5. The number of tetrazole rings is 1. The molecule has 21 heavy (non-hydrogen) atoms. The van der Waals surface area contributed by atoms with Crippen LogP contribution in [0.4, 0.5) is 0 Å². The molecule has 0 aliphatic heterocycles. The van der Waals surface area contributed by atoms with Gasteiger partial charge in [-0.05, 0) is 52.7 Å². The van der Waals surface area contributed by atoms with E-state index in [9.17, 15) is 0 Å². The number of aromatic nitrogens is 4. The maximum absolute atomic E-state index is 6.36. The van der Waals surface area contributed by atoms with Crippen LogP contribution >= 0.6 is 23.4 Å². The topological polar surface area (TPSA) is 55.6 Å². The van der Waals surface area contributed by atoms with E-state index in [-0.39, 0.29) is 0 Å². The third-order valence-electron chi connectivity index (χ3n) is 3.29. The van der Waals surface area contributed by atoms with Crippen LogP contribution in [-0.2, 0) is 6.54 Å². The normalized spacial score (nSPS) is 14.9. The van der Waals surface area contributed by atoms with E-state index in [1.807, 2.05) is 10.7 Å². The molecule has 1 aliphatic carbocycles. The van der Waals surface area contributed by atoms with Crippen molar-refractivity contribution in [2.75, 3.05) is 0 Å². The lowest BCUT2D eigenvalue weighted by molar-refractivity contribution is 0.565. The molecule has 0 unspecified atom stereocenters. The van der Waals surface area contributed by atoms with E-state index in [0.29, 0.717) is 12.1 Å². The van der Waals surface area contributed by atoms with Crippen molar-refractivity contribution < 1.29 is 0 Å². The van der Waals surface area contributed by atoms with Gasteiger partial charge in [-0.3, -0.25) is 0 Å². The van der Waals surface area contributed by atoms with Crippen LogP contribution in [0.25, 0.3) is 0 Å². The minimum Gasteiger partial charge on any atom is -0.310 e. The Morgan fingerprint density at radius 1 is 1.43 bits per heavy atom. The van der Waals surface area contributed by atoms with E-state index < -0.39 is 0 Å². The van der Waals surface area contributed by atoms with E-state index in [4.69, 9.17) is 11.6 Å². The zero-order valence-corrected chi connectivity index (χ0v) is 13.7. The van der Waals surface area contributed by atoms with Crippen molar-refractivity contribution in [2.45, 2.75) is 55.4 Å². The second kappa shape index (κ2) is 6.34. The van der Waals surface area contributed by atoms with Gasteiger partial charge >= 0.3 is 0 Å². The van der Waals surface area contributed by atoms with Crippen molar-refractivity contribution in [3.05, 3.63) is 28.8 Å². The average molecular weight is 324 g/mol. The molecule has 1 saturated carbocycles. The van der Waals surface area contributed by atoms with Gasteiger partial charge in [0.2, 0.25) is 5.16 Å². The van der Waals surface area contributed by atoms with Crippen molar-refractivity contribution in [2.24, 2.45) is 0 Å². The van der Waals surface area contributed by atoms with Gasteiger partial charge in [0.05, 0.1) is 6.04 Å². The molecule has 2 aromatic rings. The minimum absolute atomic E-state index is 0.443. The fourth-order valence-corrected chi connectivity index (χ4v) is 3.15. The number of benzene rings is 1. The van der Waals surface area contributed by atoms with Crippen LogP contribution in [0.2, 0.25) is 5.02 Å². The summed E-state index contributed by atoms with van der Waals surface area (Å²) in [5.74, 6) is 0. The third kappa shape index (κ3) is 3.75. The Morgan fingerprint density at radius 2 is 2.24 bits per heavy atom. The molecular weight excluding hydrogens is 306 g/mol.